The zero-order chi connectivity index (χ0) is 16.8. The number of anilines is 1. The van der Waals surface area contributed by atoms with Crippen molar-refractivity contribution in [1.29, 1.82) is 0 Å². The van der Waals surface area contributed by atoms with E-state index in [9.17, 15) is 13.7 Å². The summed E-state index contributed by atoms with van der Waals surface area (Å²) in [5.41, 5.74) is 4.51. The molecule has 10 heteroatoms. The van der Waals surface area contributed by atoms with Gasteiger partial charge in [0.1, 0.15) is 11.7 Å². The lowest BCUT2D eigenvalue weighted by atomic mass is 9.90. The number of nitrogens with two attached hydrogens (primary N) is 1. The molecule has 0 aliphatic carbocycles. The van der Waals surface area contributed by atoms with Gasteiger partial charge in [0, 0.05) is 0 Å². The third-order valence-electron chi connectivity index (χ3n) is 4.13. The van der Waals surface area contributed by atoms with Crippen molar-refractivity contribution < 1.29 is 13.5 Å². The molecule has 1 aliphatic heterocycles. The summed E-state index contributed by atoms with van der Waals surface area (Å²) in [6, 6.07) is -1.27. The predicted octanol–water partition coefficient (Wildman–Crippen LogP) is 1.72. The Balaban J connectivity index is 2.12. The molecule has 1 aliphatic rings. The van der Waals surface area contributed by atoms with Crippen LogP contribution in [0.15, 0.2) is 24.0 Å². The van der Waals surface area contributed by atoms with Gasteiger partial charge in [-0.15, -0.1) is 11.7 Å². The van der Waals surface area contributed by atoms with Gasteiger partial charge in [0.15, 0.2) is 23.7 Å². The first kappa shape index (κ1) is 15.4. The standard InChI is InChI=1S/C13H14F2N6O2/c1-3-13(4-2)9(20-22)7(14)8(23-13)6-5-17-11-10(16)18-12(15)19-21(6)11/h3,5,7-9H,1,4H2,2H3,(H2,16,18,19)/t7-,8+,9-,13?/m1/s1. The van der Waals surface area contributed by atoms with Gasteiger partial charge in [-0.05, 0) is 6.42 Å². The second kappa shape index (κ2) is 5.30. The van der Waals surface area contributed by atoms with Gasteiger partial charge in [0.2, 0.25) is 0 Å². The molecule has 23 heavy (non-hydrogen) atoms. The van der Waals surface area contributed by atoms with Crippen LogP contribution in [0.1, 0.15) is 25.1 Å². The summed E-state index contributed by atoms with van der Waals surface area (Å²) < 4.78 is 34.9. The van der Waals surface area contributed by atoms with Crippen LogP contribution in [0.5, 0.6) is 0 Å². The van der Waals surface area contributed by atoms with Crippen LogP contribution in [-0.2, 0) is 4.74 Å². The average Bonchev–Trinajstić information content (AvgIpc) is 3.06. The summed E-state index contributed by atoms with van der Waals surface area (Å²) >= 11 is 0. The largest absolute Gasteiger partial charge is 0.380 e. The van der Waals surface area contributed by atoms with Crippen molar-refractivity contribution >= 4 is 11.5 Å². The highest BCUT2D eigenvalue weighted by atomic mass is 19.1. The Morgan fingerprint density at radius 2 is 2.39 bits per heavy atom. The molecule has 3 heterocycles. The van der Waals surface area contributed by atoms with Crippen LogP contribution in [0.4, 0.5) is 14.6 Å². The lowest BCUT2D eigenvalue weighted by Gasteiger charge is -2.25. The Kier molecular flexibility index (Phi) is 3.55. The molecular weight excluding hydrogens is 310 g/mol. The zero-order valence-corrected chi connectivity index (χ0v) is 12.2. The fraction of sp³-hybridized carbons (Fsp3) is 0.462. The Morgan fingerprint density at radius 1 is 1.65 bits per heavy atom. The molecule has 2 aromatic heterocycles. The number of hydrogen-bond donors (Lipinski definition) is 1. The maximum absolute atomic E-state index is 14.7. The average molecular weight is 324 g/mol. The Labute approximate surface area is 129 Å². The monoisotopic (exact) mass is 324 g/mol. The summed E-state index contributed by atoms with van der Waals surface area (Å²) in [5.74, 6) is -0.187. The van der Waals surface area contributed by atoms with Gasteiger partial charge in [-0.1, -0.05) is 18.2 Å². The summed E-state index contributed by atoms with van der Waals surface area (Å²) in [6.45, 7) is 5.33. The number of nitroso groups, excluding NO2 is 1. The second-order valence-electron chi connectivity index (χ2n) is 5.23. The predicted molar refractivity (Wildman–Crippen MR) is 76.7 cm³/mol. The van der Waals surface area contributed by atoms with Gasteiger partial charge in [0.05, 0.1) is 11.9 Å². The fourth-order valence-electron chi connectivity index (χ4n) is 2.87. The topological polar surface area (TPSA) is 108 Å². The SMILES string of the molecule is C=CC1(CC)O[C@@H](c2cnc3c(N)nc(F)nn23)[C@@H](F)[C@H]1N=O. The number of hydrogen-bond acceptors (Lipinski definition) is 7. The van der Waals surface area contributed by atoms with Crippen molar-refractivity contribution in [2.75, 3.05) is 5.73 Å². The number of ether oxygens (including phenoxy) is 1. The fourth-order valence-corrected chi connectivity index (χ4v) is 2.87. The Bertz CT molecular complexity index is 781. The van der Waals surface area contributed by atoms with Gasteiger partial charge < -0.3 is 10.5 Å². The number of rotatable bonds is 4. The van der Waals surface area contributed by atoms with Crippen LogP contribution in [0.2, 0.25) is 0 Å². The van der Waals surface area contributed by atoms with E-state index in [0.29, 0.717) is 6.42 Å². The minimum absolute atomic E-state index is 0.0698. The summed E-state index contributed by atoms with van der Waals surface area (Å²) in [6.07, 6.45) is -1.14. The van der Waals surface area contributed by atoms with Crippen molar-refractivity contribution in [2.24, 2.45) is 5.18 Å². The van der Waals surface area contributed by atoms with Crippen LogP contribution in [0, 0.1) is 11.0 Å². The van der Waals surface area contributed by atoms with E-state index in [2.05, 4.69) is 26.8 Å². The van der Waals surface area contributed by atoms with E-state index in [-0.39, 0.29) is 17.2 Å². The summed E-state index contributed by atoms with van der Waals surface area (Å²) in [4.78, 5) is 18.4. The van der Waals surface area contributed by atoms with Crippen molar-refractivity contribution in [3.8, 4) is 0 Å². The molecule has 1 unspecified atom stereocenters. The van der Waals surface area contributed by atoms with Gasteiger partial charge in [-0.25, -0.2) is 13.9 Å². The normalized spacial score (nSPS) is 30.7. The molecular formula is C13H14F2N6O2. The molecule has 3 rings (SSSR count). The number of alkyl halides is 1. The summed E-state index contributed by atoms with van der Waals surface area (Å²) in [5, 5.41) is 6.40. The van der Waals surface area contributed by atoms with Crippen molar-refractivity contribution in [3.05, 3.63) is 35.5 Å². The van der Waals surface area contributed by atoms with Gasteiger partial charge in [-0.3, -0.25) is 0 Å². The number of nitrogen functional groups attached to an aromatic ring is 1. The number of aromatic nitrogens is 4. The molecule has 2 N–H and O–H groups in total. The first-order valence-electron chi connectivity index (χ1n) is 6.92. The Morgan fingerprint density at radius 3 is 2.96 bits per heavy atom. The molecule has 4 atom stereocenters. The second-order valence-corrected chi connectivity index (χ2v) is 5.23. The molecule has 1 saturated heterocycles. The highest BCUT2D eigenvalue weighted by molar-refractivity contribution is 5.59. The van der Waals surface area contributed by atoms with E-state index < -0.39 is 30.0 Å². The molecule has 0 radical (unpaired) electrons. The quantitative estimate of drug-likeness (QED) is 0.678. The smallest absolute Gasteiger partial charge is 0.328 e. The number of fused-ring (bicyclic) bond motifs is 1. The molecule has 2 aromatic rings. The number of imidazole rings is 1. The van der Waals surface area contributed by atoms with E-state index in [0.717, 1.165) is 4.52 Å². The van der Waals surface area contributed by atoms with Crippen LogP contribution >= 0.6 is 0 Å². The third-order valence-corrected chi connectivity index (χ3v) is 4.13. The molecule has 0 saturated carbocycles. The van der Waals surface area contributed by atoms with Gasteiger partial charge in [-0.2, -0.15) is 14.3 Å². The van der Waals surface area contributed by atoms with E-state index in [1.165, 1.54) is 12.3 Å². The van der Waals surface area contributed by atoms with Crippen LogP contribution in [-0.4, -0.2) is 37.4 Å². The van der Waals surface area contributed by atoms with E-state index in [1.54, 1.807) is 6.92 Å². The molecule has 122 valence electrons. The highest BCUT2D eigenvalue weighted by Crippen LogP contribution is 2.45. The first-order valence-corrected chi connectivity index (χ1v) is 6.92. The summed E-state index contributed by atoms with van der Waals surface area (Å²) in [7, 11) is 0. The lowest BCUT2D eigenvalue weighted by molar-refractivity contribution is -0.0253. The minimum atomic E-state index is -1.76. The molecule has 0 bridgehead atoms. The zero-order valence-electron chi connectivity index (χ0n) is 12.2. The molecule has 0 amide bonds. The molecule has 0 spiro atoms. The van der Waals surface area contributed by atoms with Gasteiger partial charge >= 0.3 is 6.08 Å². The highest BCUT2D eigenvalue weighted by Gasteiger charge is 2.56. The molecule has 1 fully saturated rings. The van der Waals surface area contributed by atoms with E-state index in [1.807, 2.05) is 0 Å². The van der Waals surface area contributed by atoms with Gasteiger partial charge in [0.25, 0.3) is 0 Å². The van der Waals surface area contributed by atoms with Crippen molar-refractivity contribution in [2.45, 2.75) is 37.3 Å². The van der Waals surface area contributed by atoms with Crippen molar-refractivity contribution in [3.63, 3.8) is 0 Å². The van der Waals surface area contributed by atoms with Crippen LogP contribution in [0.25, 0.3) is 5.65 Å². The number of halogens is 2. The first-order chi connectivity index (χ1) is 11.0. The van der Waals surface area contributed by atoms with E-state index in [4.69, 9.17) is 10.5 Å². The van der Waals surface area contributed by atoms with Crippen LogP contribution < -0.4 is 5.73 Å². The number of nitrogens with zero attached hydrogens (tertiary/aromatic N) is 5. The van der Waals surface area contributed by atoms with Crippen molar-refractivity contribution in [1.82, 2.24) is 19.6 Å². The molecule has 0 aromatic carbocycles. The van der Waals surface area contributed by atoms with E-state index >= 15 is 0 Å². The third kappa shape index (κ3) is 2.09. The lowest BCUT2D eigenvalue weighted by Crippen LogP contribution is -2.37. The maximum Gasteiger partial charge on any atom is 0.328 e. The maximum atomic E-state index is 14.7. The minimum Gasteiger partial charge on any atom is -0.380 e. The Hall–Kier alpha value is -2.49. The van der Waals surface area contributed by atoms with Crippen LogP contribution in [0.3, 0.4) is 0 Å². The molecule has 8 nitrogen and oxygen atoms in total.